The van der Waals surface area contributed by atoms with Crippen LogP contribution in [-0.4, -0.2) is 33.6 Å². The molecule has 2 aromatic carbocycles. The highest BCUT2D eigenvalue weighted by Gasteiger charge is 2.23. The van der Waals surface area contributed by atoms with Gasteiger partial charge in [0.05, 0.1) is 5.56 Å². The Bertz CT molecular complexity index is 1150. The first-order valence-corrected chi connectivity index (χ1v) is 10.3. The number of aryl methyl sites for hydroxylation is 1. The highest BCUT2D eigenvalue weighted by Crippen LogP contribution is 2.30. The minimum Gasteiger partial charge on any atom is -0.322 e. The van der Waals surface area contributed by atoms with E-state index < -0.39 is 11.7 Å². The monoisotopic (exact) mass is 421 g/mol. The lowest BCUT2D eigenvalue weighted by molar-refractivity contribution is -0.118. The molecule has 0 saturated heterocycles. The molecule has 7 nitrogen and oxygen atoms in total. The first-order chi connectivity index (χ1) is 14.8. The number of hydrogen-bond acceptors (Lipinski definition) is 4. The average molecular weight is 421 g/mol. The number of nitrogens with one attached hydrogen (secondary N) is 1. The average Bonchev–Trinajstić information content (AvgIpc) is 3.19. The molecular weight excluding hydrogens is 397 g/mol. The fourth-order valence-electron chi connectivity index (χ4n) is 3.78. The third-order valence-electron chi connectivity index (χ3n) is 5.49. The van der Waals surface area contributed by atoms with E-state index in [0.717, 1.165) is 11.1 Å². The molecule has 0 spiro atoms. The van der Waals surface area contributed by atoms with Crippen LogP contribution in [0.1, 0.15) is 48.7 Å². The number of hydrogen-bond donors (Lipinski definition) is 1. The molecule has 2 amide bonds. The van der Waals surface area contributed by atoms with Crippen molar-refractivity contribution < 1.29 is 14.0 Å². The predicted molar refractivity (Wildman–Crippen MR) is 117 cm³/mol. The molecule has 0 radical (unpaired) electrons. The van der Waals surface area contributed by atoms with Crippen LogP contribution in [-0.2, 0) is 11.2 Å². The largest absolute Gasteiger partial charge is 0.322 e. The third-order valence-corrected chi connectivity index (χ3v) is 5.49. The molecule has 1 N–H and O–H groups in total. The molecule has 1 aromatic heterocycles. The second kappa shape index (κ2) is 8.29. The number of amides is 2. The van der Waals surface area contributed by atoms with E-state index >= 15 is 0 Å². The number of anilines is 2. The molecule has 0 fully saturated rings. The van der Waals surface area contributed by atoms with Crippen molar-refractivity contribution in [2.45, 2.75) is 39.2 Å². The molecular formula is C23H24FN5O2. The molecule has 3 aromatic rings. The van der Waals surface area contributed by atoms with Crippen molar-refractivity contribution in [3.63, 3.8) is 0 Å². The molecule has 2 heterocycles. The van der Waals surface area contributed by atoms with E-state index in [1.165, 1.54) is 17.0 Å². The molecule has 8 heteroatoms. The Morgan fingerprint density at radius 2 is 2.00 bits per heavy atom. The Labute approximate surface area is 179 Å². The lowest BCUT2D eigenvalue weighted by atomic mass is 10.0. The second-order valence-corrected chi connectivity index (χ2v) is 7.96. The van der Waals surface area contributed by atoms with Crippen molar-refractivity contribution in [2.24, 2.45) is 0 Å². The van der Waals surface area contributed by atoms with E-state index in [-0.39, 0.29) is 17.5 Å². The summed E-state index contributed by atoms with van der Waals surface area (Å²) in [5.41, 5.74) is 2.51. The summed E-state index contributed by atoms with van der Waals surface area (Å²) in [6.07, 6.45) is 3.33. The van der Waals surface area contributed by atoms with Crippen LogP contribution < -0.4 is 10.2 Å². The van der Waals surface area contributed by atoms with Gasteiger partial charge in [0.25, 0.3) is 5.91 Å². The first-order valence-electron chi connectivity index (χ1n) is 10.3. The van der Waals surface area contributed by atoms with Gasteiger partial charge in [-0.3, -0.25) is 9.59 Å². The summed E-state index contributed by atoms with van der Waals surface area (Å²) >= 11 is 0. The quantitative estimate of drug-likeness (QED) is 0.684. The van der Waals surface area contributed by atoms with Crippen molar-refractivity contribution in [1.82, 2.24) is 14.8 Å². The normalized spacial score (nSPS) is 13.8. The minimum absolute atomic E-state index is 0.0429. The summed E-state index contributed by atoms with van der Waals surface area (Å²) in [6, 6.07) is 10.2. The van der Waals surface area contributed by atoms with Crippen LogP contribution in [0.25, 0.3) is 11.4 Å². The Morgan fingerprint density at radius 3 is 2.77 bits per heavy atom. The number of carbonyl (C=O) groups is 2. The molecule has 4 rings (SSSR count). The van der Waals surface area contributed by atoms with Crippen molar-refractivity contribution in [1.29, 1.82) is 0 Å². The van der Waals surface area contributed by atoms with Crippen molar-refractivity contribution in [3.8, 4) is 11.4 Å². The third kappa shape index (κ3) is 4.05. The number of fused-ring (bicyclic) bond motifs is 1. The number of nitrogens with zero attached hydrogens (tertiary/aromatic N) is 4. The van der Waals surface area contributed by atoms with Gasteiger partial charge in [-0.1, -0.05) is 12.1 Å². The molecule has 31 heavy (non-hydrogen) atoms. The molecule has 0 atom stereocenters. The highest BCUT2D eigenvalue weighted by atomic mass is 19.1. The maximum Gasteiger partial charge on any atom is 0.258 e. The lowest BCUT2D eigenvalue weighted by Gasteiger charge is -2.19. The number of carbonyl (C=O) groups excluding carboxylic acids is 2. The van der Waals surface area contributed by atoms with Gasteiger partial charge >= 0.3 is 0 Å². The van der Waals surface area contributed by atoms with E-state index in [9.17, 15) is 14.0 Å². The van der Waals surface area contributed by atoms with E-state index in [4.69, 9.17) is 0 Å². The summed E-state index contributed by atoms with van der Waals surface area (Å²) in [4.78, 5) is 26.6. The maximum absolute atomic E-state index is 14.7. The predicted octanol–water partition coefficient (Wildman–Crippen LogP) is 4.22. The van der Waals surface area contributed by atoms with Gasteiger partial charge in [-0.15, -0.1) is 10.2 Å². The standard InChI is InChI=1S/C23H24FN5O2/c1-14(2)29-13-25-27-22(29)16-7-4-8-17(10-16)26-23(31)18-12-20-15(11-19(18)24)6-5-9-21(30)28(20)3/h4,7-8,10-14H,5-6,9H2,1-3H3,(H,26,31). The summed E-state index contributed by atoms with van der Waals surface area (Å²) in [5, 5.41) is 10.9. The molecule has 0 saturated carbocycles. The van der Waals surface area contributed by atoms with Gasteiger partial charge in [0.15, 0.2) is 5.82 Å². The maximum atomic E-state index is 14.7. The zero-order chi connectivity index (χ0) is 22.1. The van der Waals surface area contributed by atoms with Gasteiger partial charge < -0.3 is 14.8 Å². The molecule has 0 aliphatic carbocycles. The van der Waals surface area contributed by atoms with Crippen LogP contribution in [0, 0.1) is 5.82 Å². The van der Waals surface area contributed by atoms with E-state index in [1.54, 1.807) is 31.6 Å². The van der Waals surface area contributed by atoms with Crippen LogP contribution in [0.15, 0.2) is 42.7 Å². The highest BCUT2D eigenvalue weighted by molar-refractivity contribution is 6.06. The Hall–Kier alpha value is -3.55. The first kappa shape index (κ1) is 20.7. The molecule has 0 unspecified atom stereocenters. The van der Waals surface area contributed by atoms with Crippen LogP contribution >= 0.6 is 0 Å². The van der Waals surface area contributed by atoms with Crippen molar-refractivity contribution >= 4 is 23.2 Å². The second-order valence-electron chi connectivity index (χ2n) is 7.96. The summed E-state index contributed by atoms with van der Waals surface area (Å²) in [6.45, 7) is 4.06. The van der Waals surface area contributed by atoms with Crippen LogP contribution in [0.3, 0.4) is 0 Å². The molecule has 0 bridgehead atoms. The Kier molecular flexibility index (Phi) is 5.54. The Balaban J connectivity index is 1.63. The summed E-state index contributed by atoms with van der Waals surface area (Å²) < 4.78 is 16.7. The smallest absolute Gasteiger partial charge is 0.258 e. The SMILES string of the molecule is CC(C)n1cnnc1-c1cccc(NC(=O)c2cc3c(cc2F)CCCC(=O)N3C)c1. The van der Waals surface area contributed by atoms with E-state index in [1.807, 2.05) is 24.5 Å². The minimum atomic E-state index is -0.602. The van der Waals surface area contributed by atoms with Gasteiger partial charge in [0.1, 0.15) is 12.1 Å². The van der Waals surface area contributed by atoms with Gasteiger partial charge in [-0.25, -0.2) is 4.39 Å². The fraction of sp³-hybridized carbons (Fsp3) is 0.304. The number of rotatable bonds is 4. The van der Waals surface area contributed by atoms with E-state index in [2.05, 4.69) is 15.5 Å². The van der Waals surface area contributed by atoms with Gasteiger partial charge in [-0.2, -0.15) is 0 Å². The van der Waals surface area contributed by atoms with Crippen LogP contribution in [0.4, 0.5) is 15.8 Å². The van der Waals surface area contributed by atoms with E-state index in [0.29, 0.717) is 36.5 Å². The number of aromatic nitrogens is 3. The van der Waals surface area contributed by atoms with Crippen molar-refractivity contribution in [3.05, 3.63) is 59.7 Å². The fourth-order valence-corrected chi connectivity index (χ4v) is 3.78. The van der Waals surface area contributed by atoms with Gasteiger partial charge in [-0.05, 0) is 56.5 Å². The molecule has 1 aliphatic rings. The summed E-state index contributed by atoms with van der Waals surface area (Å²) in [5.74, 6) is -0.538. The molecule has 160 valence electrons. The number of benzene rings is 2. The summed E-state index contributed by atoms with van der Waals surface area (Å²) in [7, 11) is 1.65. The van der Waals surface area contributed by atoms with Gasteiger partial charge in [0.2, 0.25) is 5.91 Å². The van der Waals surface area contributed by atoms with Crippen LogP contribution in [0.5, 0.6) is 0 Å². The zero-order valence-electron chi connectivity index (χ0n) is 17.7. The topological polar surface area (TPSA) is 80.1 Å². The lowest BCUT2D eigenvalue weighted by Crippen LogP contribution is -2.26. The van der Waals surface area contributed by atoms with Crippen molar-refractivity contribution in [2.75, 3.05) is 17.3 Å². The van der Waals surface area contributed by atoms with Crippen LogP contribution in [0.2, 0.25) is 0 Å². The molecule has 1 aliphatic heterocycles. The number of halogens is 1. The van der Waals surface area contributed by atoms with Gasteiger partial charge in [0, 0.05) is 36.4 Å². The Morgan fingerprint density at radius 1 is 1.19 bits per heavy atom. The zero-order valence-corrected chi connectivity index (χ0v) is 17.7.